The number of halogens is 2. The minimum absolute atomic E-state index is 0. The molecule has 139 valence electrons. The molecule has 0 spiro atoms. The van der Waals surface area contributed by atoms with E-state index in [0.717, 1.165) is 12.8 Å². The van der Waals surface area contributed by atoms with Gasteiger partial charge >= 0.3 is 21.7 Å². The summed E-state index contributed by atoms with van der Waals surface area (Å²) in [6.45, 7) is 16.1. The Morgan fingerprint density at radius 2 is 1.76 bits per heavy atom. The second kappa shape index (κ2) is 10.1. The molecular formula is C20H31Cl2OSiTi. The Balaban J connectivity index is 0. The summed E-state index contributed by atoms with van der Waals surface area (Å²) in [6.07, 6.45) is 17.1. The molecule has 0 aromatic carbocycles. The average molecular weight is 434 g/mol. The van der Waals surface area contributed by atoms with Crippen LogP contribution in [-0.2, 0) is 26.5 Å². The summed E-state index contributed by atoms with van der Waals surface area (Å²) in [5.41, 5.74) is 1.55. The van der Waals surface area contributed by atoms with E-state index in [0.29, 0.717) is 0 Å². The molecule has 2 rings (SSSR count). The zero-order valence-corrected chi connectivity index (χ0v) is 20.6. The van der Waals surface area contributed by atoms with E-state index in [1.807, 2.05) is 0 Å². The molecule has 0 aliphatic heterocycles. The number of hydrogen-bond donors (Lipinski definition) is 0. The molecule has 0 N–H and O–H groups in total. The SMILES string of the molecule is CC(C)OC1([Si](C)(C)C2=[C-]CC=C2)CC=CC=C1C(C)(C)C.[Cl-].[Cl-].[Ti+3]. The Hall–Kier alpha value is 0.431. The van der Waals surface area contributed by atoms with Gasteiger partial charge in [-0.15, -0.1) is 6.42 Å². The van der Waals surface area contributed by atoms with Crippen LogP contribution >= 0.6 is 0 Å². The van der Waals surface area contributed by atoms with E-state index in [1.54, 1.807) is 0 Å². The molecule has 0 aromatic heterocycles. The van der Waals surface area contributed by atoms with E-state index in [-0.39, 0.29) is 63.3 Å². The van der Waals surface area contributed by atoms with Crippen LogP contribution in [0.1, 0.15) is 47.5 Å². The summed E-state index contributed by atoms with van der Waals surface area (Å²) in [5, 5.41) is 1.24. The van der Waals surface area contributed by atoms with Crippen molar-refractivity contribution >= 4 is 8.07 Å². The number of hydrogen-bond acceptors (Lipinski definition) is 1. The van der Waals surface area contributed by atoms with Crippen LogP contribution in [0.3, 0.4) is 0 Å². The molecule has 1 atom stereocenters. The Kier molecular flexibility index (Phi) is 11.2. The summed E-state index contributed by atoms with van der Waals surface area (Å²) in [7, 11) is -1.88. The van der Waals surface area contributed by atoms with Gasteiger partial charge in [-0.3, -0.25) is 6.08 Å². The molecule has 0 saturated carbocycles. The summed E-state index contributed by atoms with van der Waals surface area (Å²) < 4.78 is 6.74. The Morgan fingerprint density at radius 3 is 2.20 bits per heavy atom. The van der Waals surface area contributed by atoms with Crippen molar-refractivity contribution in [3.8, 4) is 0 Å². The van der Waals surface area contributed by atoms with E-state index in [9.17, 15) is 0 Å². The van der Waals surface area contributed by atoms with Gasteiger partial charge in [-0.2, -0.15) is 6.08 Å². The van der Waals surface area contributed by atoms with Crippen LogP contribution in [0.5, 0.6) is 0 Å². The van der Waals surface area contributed by atoms with Crippen LogP contribution in [-0.4, -0.2) is 19.4 Å². The fourth-order valence-corrected chi connectivity index (χ4v) is 7.61. The normalized spacial score (nSPS) is 22.6. The van der Waals surface area contributed by atoms with Crippen molar-refractivity contribution in [3.05, 3.63) is 47.2 Å². The number of allylic oxidation sites excluding steroid dienone is 6. The average Bonchev–Trinajstić information content (AvgIpc) is 2.91. The molecule has 1 radical (unpaired) electrons. The predicted molar refractivity (Wildman–Crippen MR) is 98.2 cm³/mol. The van der Waals surface area contributed by atoms with Crippen LogP contribution < -0.4 is 24.8 Å². The van der Waals surface area contributed by atoms with Crippen molar-refractivity contribution in [2.45, 2.75) is 71.9 Å². The first-order valence-corrected chi connectivity index (χ1v) is 11.4. The van der Waals surface area contributed by atoms with Crippen molar-refractivity contribution in [2.75, 3.05) is 0 Å². The molecule has 0 fully saturated rings. The van der Waals surface area contributed by atoms with Crippen molar-refractivity contribution < 1.29 is 51.3 Å². The van der Waals surface area contributed by atoms with Gasteiger partial charge in [0.2, 0.25) is 0 Å². The van der Waals surface area contributed by atoms with E-state index in [1.165, 1.54) is 10.8 Å². The third kappa shape index (κ3) is 5.46. The first-order valence-electron chi connectivity index (χ1n) is 8.45. The molecule has 0 heterocycles. The van der Waals surface area contributed by atoms with Gasteiger partial charge in [-0.05, 0) is 31.3 Å². The van der Waals surface area contributed by atoms with Crippen LogP contribution in [0.15, 0.2) is 41.1 Å². The van der Waals surface area contributed by atoms with Crippen molar-refractivity contribution in [2.24, 2.45) is 5.41 Å². The topological polar surface area (TPSA) is 9.23 Å². The fraction of sp³-hybridized carbons (Fsp3) is 0.600. The predicted octanol–water partition coefficient (Wildman–Crippen LogP) is -0.436. The fourth-order valence-electron chi connectivity index (χ4n) is 3.80. The smallest absolute Gasteiger partial charge is 1.00 e. The van der Waals surface area contributed by atoms with E-state index in [4.69, 9.17) is 4.74 Å². The van der Waals surface area contributed by atoms with Gasteiger partial charge in [0.05, 0.1) is 19.4 Å². The summed E-state index contributed by atoms with van der Waals surface area (Å²) in [4.78, 5) is 0. The summed E-state index contributed by atoms with van der Waals surface area (Å²) in [6, 6.07) is 0. The maximum atomic E-state index is 6.74. The molecule has 1 nitrogen and oxygen atoms in total. The maximum absolute atomic E-state index is 6.74. The zero-order valence-electron chi connectivity index (χ0n) is 16.5. The van der Waals surface area contributed by atoms with E-state index < -0.39 is 8.07 Å². The van der Waals surface area contributed by atoms with Crippen molar-refractivity contribution in [1.29, 1.82) is 0 Å². The number of rotatable bonds is 4. The molecule has 2 aliphatic rings. The first kappa shape index (κ1) is 27.6. The summed E-state index contributed by atoms with van der Waals surface area (Å²) in [5.74, 6) is 0. The summed E-state index contributed by atoms with van der Waals surface area (Å²) >= 11 is 0. The van der Waals surface area contributed by atoms with Crippen LogP contribution in [0.25, 0.3) is 0 Å². The quantitative estimate of drug-likeness (QED) is 0.431. The Labute approximate surface area is 183 Å². The second-order valence-corrected chi connectivity index (χ2v) is 12.9. The van der Waals surface area contributed by atoms with Gasteiger partial charge in [0.15, 0.2) is 0 Å². The minimum atomic E-state index is -1.88. The maximum Gasteiger partial charge on any atom is 3.00 e. The minimum Gasteiger partial charge on any atom is -1.00 e. The monoisotopic (exact) mass is 433 g/mol. The van der Waals surface area contributed by atoms with Crippen LogP contribution in [0, 0.1) is 11.5 Å². The molecule has 0 aromatic rings. The third-order valence-electron chi connectivity index (χ3n) is 4.86. The molecule has 2 aliphatic carbocycles. The first-order chi connectivity index (χ1) is 10.1. The molecule has 0 saturated heterocycles. The Morgan fingerprint density at radius 1 is 1.16 bits per heavy atom. The van der Waals surface area contributed by atoms with Crippen molar-refractivity contribution in [1.82, 2.24) is 0 Å². The molecule has 25 heavy (non-hydrogen) atoms. The van der Waals surface area contributed by atoms with Gasteiger partial charge < -0.3 is 29.6 Å². The van der Waals surface area contributed by atoms with Crippen LogP contribution in [0.2, 0.25) is 13.1 Å². The van der Waals surface area contributed by atoms with Gasteiger partial charge in [0.25, 0.3) is 0 Å². The van der Waals surface area contributed by atoms with Gasteiger partial charge in [0, 0.05) is 0 Å². The van der Waals surface area contributed by atoms with E-state index in [2.05, 4.69) is 84.2 Å². The molecule has 0 bridgehead atoms. The van der Waals surface area contributed by atoms with Gasteiger partial charge in [-0.1, -0.05) is 52.1 Å². The molecule has 1 unspecified atom stereocenters. The largest absolute Gasteiger partial charge is 3.00 e. The Bertz CT molecular complexity index is 557. The molecule has 5 heteroatoms. The third-order valence-corrected chi connectivity index (χ3v) is 9.16. The van der Waals surface area contributed by atoms with Gasteiger partial charge in [0.1, 0.15) is 0 Å². The standard InChI is InChI=1S/C20H31OSi.2ClH.Ti/c1-16(2)21-20(22(6,7)17-12-8-9-13-17)15-11-10-14-18(20)19(3,4)5;;;/h8,10-12,14,16H,9,15H2,1-7H3;2*1H;/q-1;;;+3/p-2. The van der Waals surface area contributed by atoms with E-state index >= 15 is 0 Å². The number of ether oxygens (including phenoxy) is 1. The second-order valence-electron chi connectivity index (χ2n) is 8.28. The van der Waals surface area contributed by atoms with Gasteiger partial charge in [-0.25, -0.2) is 11.3 Å². The van der Waals surface area contributed by atoms with Crippen LogP contribution in [0.4, 0.5) is 0 Å². The zero-order chi connectivity index (χ0) is 16.6. The molecular weight excluding hydrogens is 403 g/mol. The van der Waals surface area contributed by atoms with Crippen molar-refractivity contribution in [3.63, 3.8) is 0 Å². The molecule has 0 amide bonds.